The molecular weight excluding hydrogens is 748 g/mol. The van der Waals surface area contributed by atoms with Gasteiger partial charge in [0.2, 0.25) is 16.7 Å². The molecular formula is C40H48F3N7O5S. The predicted molar refractivity (Wildman–Crippen MR) is 209 cm³/mol. The van der Waals surface area contributed by atoms with Gasteiger partial charge < -0.3 is 14.6 Å². The summed E-state index contributed by atoms with van der Waals surface area (Å²) in [5.74, 6) is -3.08. The number of nitrogens with one attached hydrogen (secondary N) is 1. The van der Waals surface area contributed by atoms with Gasteiger partial charge in [-0.05, 0) is 81.8 Å². The van der Waals surface area contributed by atoms with Crippen LogP contribution in [0.1, 0.15) is 56.0 Å². The lowest BCUT2D eigenvalue weighted by molar-refractivity contribution is -0.146. The molecule has 4 aromatic rings. The number of carbonyl (C=O) groups excluding carboxylic acids is 2. The first kappa shape index (κ1) is 39.7. The van der Waals surface area contributed by atoms with Crippen molar-refractivity contribution < 1.29 is 35.9 Å². The number of alkyl halides is 1. The summed E-state index contributed by atoms with van der Waals surface area (Å²) in [5.41, 5.74) is 1.47. The number of aromatic nitrogens is 2. The van der Waals surface area contributed by atoms with Crippen LogP contribution in [0.15, 0.2) is 54.9 Å². The third-order valence-electron chi connectivity index (χ3n) is 11.3. The minimum absolute atomic E-state index is 0.0145. The Labute approximate surface area is 326 Å². The van der Waals surface area contributed by atoms with E-state index >= 15 is 8.78 Å². The van der Waals surface area contributed by atoms with Crippen molar-refractivity contribution in [3.8, 4) is 11.1 Å². The van der Waals surface area contributed by atoms with E-state index in [0.29, 0.717) is 40.1 Å². The van der Waals surface area contributed by atoms with Crippen molar-refractivity contribution in [2.75, 3.05) is 68.3 Å². The van der Waals surface area contributed by atoms with Crippen LogP contribution >= 0.6 is 0 Å². The second-order valence-electron chi connectivity index (χ2n) is 15.1. The first-order valence-electron chi connectivity index (χ1n) is 19.2. The summed E-state index contributed by atoms with van der Waals surface area (Å²) < 4.78 is 75.2. The molecule has 12 nitrogen and oxygen atoms in total. The smallest absolute Gasteiger partial charge is 0.320 e. The van der Waals surface area contributed by atoms with E-state index in [4.69, 9.17) is 4.74 Å². The number of H-pyrrole nitrogens is 1. The van der Waals surface area contributed by atoms with Crippen molar-refractivity contribution in [3.05, 3.63) is 77.6 Å². The number of hydrazine groups is 1. The number of carbonyl (C=O) groups is 2. The summed E-state index contributed by atoms with van der Waals surface area (Å²) >= 11 is 0. The number of piperazine rings is 1. The molecule has 56 heavy (non-hydrogen) atoms. The number of aromatic amines is 1. The van der Waals surface area contributed by atoms with E-state index in [1.54, 1.807) is 12.3 Å². The number of anilines is 2. The zero-order valence-corrected chi connectivity index (χ0v) is 32.7. The van der Waals surface area contributed by atoms with Crippen molar-refractivity contribution in [2.24, 2.45) is 5.92 Å². The summed E-state index contributed by atoms with van der Waals surface area (Å²) in [7, 11) is -3.47. The lowest BCUT2D eigenvalue weighted by Gasteiger charge is -2.45. The highest BCUT2D eigenvalue weighted by atomic mass is 32.2. The maximum Gasteiger partial charge on any atom is 0.320 e. The number of hydrogen-bond acceptors (Lipinski definition) is 10. The molecule has 2 aromatic heterocycles. The number of hydrogen-bond donors (Lipinski definition) is 2. The SMILES string of the molecule is CCOC(=O)CN1[C@H](C)CN(CC2CCN(c3ccc(-c4cnc5[nH]cc(C(=O)c6c(F)ccc(N(N7CC[C@@H](F)C7)[SH](=O)=O)c6F)c5c4)cc3)CC2)C[C@@H]1C. The highest BCUT2D eigenvalue weighted by Gasteiger charge is 2.34. The minimum atomic E-state index is -3.47. The fourth-order valence-electron chi connectivity index (χ4n) is 8.49. The standard InChI is InChI=1S/C40H48F3N7O5S/c1-4-55-36(51)24-49-25(2)20-46(21-26(49)3)22-27-11-14-47(15-12-27)31-7-5-28(6-8-31)29-17-32-33(19-45-40(32)44-18-29)39(52)37-34(42)9-10-35(38(37)43)50(56(53)54)48-16-13-30(41)23-48/h5-10,17-19,25-27,30,56H,4,11-16,20-24H2,1-3H3,(H,44,45)/t25-,26+,30-/m1/s1. The normalized spacial score (nSPS) is 21.6. The van der Waals surface area contributed by atoms with E-state index in [1.165, 1.54) is 6.20 Å². The van der Waals surface area contributed by atoms with Crippen molar-refractivity contribution in [1.82, 2.24) is 24.8 Å². The van der Waals surface area contributed by atoms with Gasteiger partial charge in [0.25, 0.3) is 0 Å². The molecule has 0 bridgehead atoms. The number of nitrogens with zero attached hydrogens (tertiary/aromatic N) is 6. The number of esters is 1. The zero-order valence-electron chi connectivity index (χ0n) is 31.8. The number of halogens is 3. The quantitative estimate of drug-likeness (QED) is 0.112. The maximum absolute atomic E-state index is 16.0. The predicted octanol–water partition coefficient (Wildman–Crippen LogP) is 5.20. The number of ether oxygens (including phenoxy) is 1. The van der Waals surface area contributed by atoms with Gasteiger partial charge in [-0.2, -0.15) is 4.41 Å². The molecule has 5 heterocycles. The Morgan fingerprint density at radius 2 is 1.68 bits per heavy atom. The van der Waals surface area contributed by atoms with Gasteiger partial charge in [-0.3, -0.25) is 19.4 Å². The van der Waals surface area contributed by atoms with Gasteiger partial charge in [-0.25, -0.2) is 31.6 Å². The monoisotopic (exact) mass is 795 g/mol. The van der Waals surface area contributed by atoms with Crippen LogP contribution in [-0.2, 0) is 20.4 Å². The van der Waals surface area contributed by atoms with Crippen molar-refractivity contribution in [3.63, 3.8) is 0 Å². The van der Waals surface area contributed by atoms with Gasteiger partial charge in [0.1, 0.15) is 23.3 Å². The lowest BCUT2D eigenvalue weighted by atomic mass is 9.94. The van der Waals surface area contributed by atoms with Gasteiger partial charge in [0, 0.05) is 85.9 Å². The van der Waals surface area contributed by atoms with Crippen LogP contribution in [0.2, 0.25) is 0 Å². The number of piperidine rings is 1. The summed E-state index contributed by atoms with van der Waals surface area (Å²) in [4.78, 5) is 40.4. The molecule has 3 aliphatic heterocycles. The molecule has 7 rings (SSSR count). The van der Waals surface area contributed by atoms with E-state index in [-0.39, 0.29) is 43.1 Å². The Morgan fingerprint density at radius 3 is 2.32 bits per heavy atom. The second kappa shape index (κ2) is 16.9. The first-order valence-corrected chi connectivity index (χ1v) is 20.4. The molecule has 0 saturated carbocycles. The molecule has 1 N–H and O–H groups in total. The number of thiol groups is 1. The van der Waals surface area contributed by atoms with Gasteiger partial charge in [0.05, 0.1) is 25.3 Å². The Kier molecular flexibility index (Phi) is 12.0. The molecule has 0 radical (unpaired) electrons. The molecule has 3 saturated heterocycles. The average molecular weight is 796 g/mol. The van der Waals surface area contributed by atoms with Gasteiger partial charge in [-0.15, -0.1) is 0 Å². The van der Waals surface area contributed by atoms with Gasteiger partial charge >= 0.3 is 5.97 Å². The van der Waals surface area contributed by atoms with Crippen LogP contribution in [0.5, 0.6) is 0 Å². The largest absolute Gasteiger partial charge is 0.465 e. The van der Waals surface area contributed by atoms with Gasteiger partial charge in [-0.1, -0.05) is 12.1 Å². The highest BCUT2D eigenvalue weighted by molar-refractivity contribution is 7.73. The fraction of sp³-hybridized carbons (Fsp3) is 0.475. The Bertz CT molecular complexity index is 2120. The van der Waals surface area contributed by atoms with Crippen LogP contribution in [0.3, 0.4) is 0 Å². The molecule has 16 heteroatoms. The number of benzene rings is 2. The summed E-state index contributed by atoms with van der Waals surface area (Å²) in [5, 5.41) is 1.47. The van der Waals surface area contributed by atoms with E-state index in [9.17, 15) is 22.4 Å². The first-order chi connectivity index (χ1) is 26.9. The minimum Gasteiger partial charge on any atom is -0.465 e. The van der Waals surface area contributed by atoms with Crippen molar-refractivity contribution in [2.45, 2.75) is 58.3 Å². The lowest BCUT2D eigenvalue weighted by Crippen LogP contribution is -2.58. The van der Waals surface area contributed by atoms with Crippen LogP contribution in [0.25, 0.3) is 22.2 Å². The fourth-order valence-corrected chi connectivity index (χ4v) is 9.19. The Hall–Kier alpha value is -4.51. The molecule has 3 atom stereocenters. The van der Waals surface area contributed by atoms with E-state index in [0.717, 1.165) is 74.0 Å². The van der Waals surface area contributed by atoms with E-state index < -0.39 is 45.7 Å². The summed E-state index contributed by atoms with van der Waals surface area (Å²) in [6, 6.07) is 12.1. The van der Waals surface area contributed by atoms with Crippen molar-refractivity contribution >= 4 is 45.1 Å². The van der Waals surface area contributed by atoms with Crippen LogP contribution < -0.4 is 9.31 Å². The Balaban J connectivity index is 1.01. The summed E-state index contributed by atoms with van der Waals surface area (Å²) in [6.07, 6.45) is 3.89. The number of ketones is 1. The Morgan fingerprint density at radius 1 is 0.964 bits per heavy atom. The second-order valence-corrected chi connectivity index (χ2v) is 16.0. The third kappa shape index (κ3) is 8.29. The maximum atomic E-state index is 16.0. The topological polar surface area (TPSA) is 122 Å². The molecule has 3 fully saturated rings. The van der Waals surface area contributed by atoms with E-state index in [2.05, 4.69) is 50.6 Å². The van der Waals surface area contributed by atoms with Crippen LogP contribution in [0, 0.1) is 17.6 Å². The third-order valence-corrected chi connectivity index (χ3v) is 12.1. The number of fused-ring (bicyclic) bond motifs is 1. The van der Waals surface area contributed by atoms with Crippen molar-refractivity contribution in [1.29, 1.82) is 0 Å². The number of rotatable bonds is 12. The van der Waals surface area contributed by atoms with Gasteiger partial charge in [0.15, 0.2) is 5.82 Å². The van der Waals surface area contributed by atoms with Crippen LogP contribution in [-0.4, -0.2) is 122 Å². The average Bonchev–Trinajstić information content (AvgIpc) is 3.80. The molecule has 0 aliphatic carbocycles. The zero-order chi connectivity index (χ0) is 39.7. The van der Waals surface area contributed by atoms with E-state index in [1.807, 2.05) is 19.1 Å². The highest BCUT2D eigenvalue weighted by Crippen LogP contribution is 2.33. The number of pyridine rings is 1. The molecule has 0 spiro atoms. The molecule has 0 unspecified atom stereocenters. The molecule has 300 valence electrons. The molecule has 0 amide bonds. The van der Waals surface area contributed by atoms with Crippen LogP contribution in [0.4, 0.5) is 24.5 Å². The summed E-state index contributed by atoms with van der Waals surface area (Å²) in [6.45, 7) is 11.4. The molecule has 3 aliphatic rings. The molecule has 2 aromatic carbocycles.